The van der Waals surface area contributed by atoms with Crippen LogP contribution in [0.2, 0.25) is 0 Å². The Hall–Kier alpha value is -0.820. The van der Waals surface area contributed by atoms with Crippen molar-refractivity contribution in [2.24, 2.45) is 5.92 Å². The van der Waals surface area contributed by atoms with Gasteiger partial charge < -0.3 is 15.0 Å². The molecule has 7 heteroatoms. The van der Waals surface area contributed by atoms with E-state index < -0.39 is 15.4 Å². The average molecular weight is 346 g/mol. The minimum Gasteiger partial charge on any atom is -0.444 e. The van der Waals surface area contributed by atoms with E-state index in [-0.39, 0.29) is 6.09 Å². The number of sulfone groups is 1. The molecule has 0 aromatic heterocycles. The molecule has 0 saturated carbocycles. The molecule has 6 nitrogen and oxygen atoms in total. The molecule has 1 amide bonds. The first-order valence-electron chi connectivity index (χ1n) is 8.56. The molecule has 0 spiro atoms. The quantitative estimate of drug-likeness (QED) is 0.843. The zero-order chi connectivity index (χ0) is 17.1. The summed E-state index contributed by atoms with van der Waals surface area (Å²) in [5.74, 6) is 1.16. The van der Waals surface area contributed by atoms with Crippen molar-refractivity contribution in [3.05, 3.63) is 0 Å². The normalized spacial score (nSPS) is 23.7. The number of ether oxygens (including phenoxy) is 1. The maximum atomic E-state index is 12.0. The van der Waals surface area contributed by atoms with Crippen LogP contribution in [0.5, 0.6) is 0 Å². The Morgan fingerprint density at radius 3 is 2.22 bits per heavy atom. The summed E-state index contributed by atoms with van der Waals surface area (Å²) >= 11 is 0. The fourth-order valence-electron chi connectivity index (χ4n) is 3.07. The van der Waals surface area contributed by atoms with Crippen LogP contribution >= 0.6 is 0 Å². The highest BCUT2D eigenvalue weighted by atomic mass is 32.2. The number of rotatable bonds is 3. The van der Waals surface area contributed by atoms with Gasteiger partial charge >= 0.3 is 6.09 Å². The zero-order valence-electron chi connectivity index (χ0n) is 14.5. The van der Waals surface area contributed by atoms with Crippen LogP contribution in [0.4, 0.5) is 4.79 Å². The number of amides is 1. The fourth-order valence-corrected chi connectivity index (χ4v) is 4.57. The van der Waals surface area contributed by atoms with E-state index in [1.807, 2.05) is 20.8 Å². The van der Waals surface area contributed by atoms with E-state index in [4.69, 9.17) is 4.74 Å². The van der Waals surface area contributed by atoms with E-state index in [0.717, 1.165) is 45.3 Å². The van der Waals surface area contributed by atoms with Crippen LogP contribution in [0.25, 0.3) is 0 Å². The maximum absolute atomic E-state index is 12.0. The molecule has 0 atom stereocenters. The molecule has 0 radical (unpaired) electrons. The third-order valence-corrected chi connectivity index (χ3v) is 6.23. The minimum atomic E-state index is -2.79. The zero-order valence-corrected chi connectivity index (χ0v) is 15.3. The van der Waals surface area contributed by atoms with E-state index in [1.165, 1.54) is 0 Å². The van der Waals surface area contributed by atoms with Gasteiger partial charge in [0.1, 0.15) is 15.4 Å². The number of piperidine rings is 1. The highest BCUT2D eigenvalue weighted by Crippen LogP contribution is 2.20. The molecule has 134 valence electrons. The first kappa shape index (κ1) is 18.5. The summed E-state index contributed by atoms with van der Waals surface area (Å²) in [4.78, 5) is 13.8. The lowest BCUT2D eigenvalue weighted by atomic mass is 9.96. The Morgan fingerprint density at radius 2 is 1.70 bits per heavy atom. The van der Waals surface area contributed by atoms with Gasteiger partial charge in [0, 0.05) is 19.1 Å². The van der Waals surface area contributed by atoms with Gasteiger partial charge in [0.05, 0.1) is 11.5 Å². The largest absolute Gasteiger partial charge is 0.444 e. The molecular formula is C16H30N2O4S. The van der Waals surface area contributed by atoms with Crippen LogP contribution in [0, 0.1) is 5.92 Å². The summed E-state index contributed by atoms with van der Waals surface area (Å²) in [6.45, 7) is 8.03. The molecule has 2 heterocycles. The Labute approximate surface area is 139 Å². The predicted octanol–water partition coefficient (Wildman–Crippen LogP) is 1.80. The van der Waals surface area contributed by atoms with Crippen molar-refractivity contribution in [3.8, 4) is 0 Å². The first-order valence-corrected chi connectivity index (χ1v) is 10.4. The molecule has 0 bridgehead atoms. The van der Waals surface area contributed by atoms with Gasteiger partial charge in [-0.05, 0) is 58.9 Å². The highest BCUT2D eigenvalue weighted by molar-refractivity contribution is 7.91. The van der Waals surface area contributed by atoms with Gasteiger partial charge in [-0.15, -0.1) is 0 Å². The summed E-state index contributed by atoms with van der Waals surface area (Å²) in [5, 5.41) is 3.51. The molecule has 2 saturated heterocycles. The van der Waals surface area contributed by atoms with Crippen molar-refractivity contribution < 1.29 is 17.9 Å². The topological polar surface area (TPSA) is 75.7 Å². The number of hydrogen-bond donors (Lipinski definition) is 1. The van der Waals surface area contributed by atoms with Crippen LogP contribution in [0.1, 0.15) is 46.5 Å². The van der Waals surface area contributed by atoms with Crippen molar-refractivity contribution in [3.63, 3.8) is 0 Å². The lowest BCUT2D eigenvalue weighted by molar-refractivity contribution is 0.0183. The Bertz CT molecular complexity index is 491. The predicted molar refractivity (Wildman–Crippen MR) is 90.2 cm³/mol. The number of nitrogens with one attached hydrogen (secondary N) is 1. The van der Waals surface area contributed by atoms with Crippen LogP contribution in [-0.4, -0.2) is 62.2 Å². The van der Waals surface area contributed by atoms with Crippen molar-refractivity contribution >= 4 is 15.9 Å². The summed E-state index contributed by atoms with van der Waals surface area (Å²) in [5.41, 5.74) is -0.448. The summed E-state index contributed by atoms with van der Waals surface area (Å²) in [7, 11) is -2.79. The van der Waals surface area contributed by atoms with Crippen molar-refractivity contribution in [2.75, 3.05) is 31.1 Å². The molecular weight excluding hydrogens is 316 g/mol. The van der Waals surface area contributed by atoms with E-state index in [9.17, 15) is 13.2 Å². The smallest absolute Gasteiger partial charge is 0.410 e. The number of likely N-dealkylation sites (tertiary alicyclic amines) is 1. The van der Waals surface area contributed by atoms with Crippen molar-refractivity contribution in [1.82, 2.24) is 10.2 Å². The van der Waals surface area contributed by atoms with Crippen molar-refractivity contribution in [1.29, 1.82) is 0 Å². The number of carbonyl (C=O) groups is 1. The summed E-state index contributed by atoms with van der Waals surface area (Å²) < 4.78 is 28.2. The lowest BCUT2D eigenvalue weighted by Gasteiger charge is -2.34. The molecule has 0 aliphatic carbocycles. The summed E-state index contributed by atoms with van der Waals surface area (Å²) in [6.07, 6.45) is 3.16. The molecule has 0 unspecified atom stereocenters. The maximum Gasteiger partial charge on any atom is 0.410 e. The summed E-state index contributed by atoms with van der Waals surface area (Å²) in [6, 6.07) is 0.322. The third kappa shape index (κ3) is 6.30. The third-order valence-electron chi connectivity index (χ3n) is 4.52. The van der Waals surface area contributed by atoms with E-state index >= 15 is 0 Å². The number of carbonyl (C=O) groups excluding carboxylic acids is 1. The second-order valence-corrected chi connectivity index (χ2v) is 10.0. The SMILES string of the molecule is CC(C)(C)OC(=O)N1CCC(CNC2CCS(=O)(=O)CC2)CC1. The standard InChI is InChI=1S/C16H30N2O4S/c1-16(2,3)22-15(19)18-8-4-13(5-9-18)12-17-14-6-10-23(20,21)11-7-14/h13-14,17H,4-12H2,1-3H3. The van der Waals surface area contributed by atoms with Gasteiger partial charge in [0.25, 0.3) is 0 Å². The monoisotopic (exact) mass is 346 g/mol. The molecule has 0 aromatic rings. The Kier molecular flexibility index (Phi) is 5.94. The number of nitrogens with zero attached hydrogens (tertiary/aromatic N) is 1. The van der Waals surface area contributed by atoms with Gasteiger partial charge in [0.2, 0.25) is 0 Å². The second kappa shape index (κ2) is 7.38. The van der Waals surface area contributed by atoms with Gasteiger partial charge in [0.15, 0.2) is 0 Å². The second-order valence-electron chi connectivity index (χ2n) is 7.75. The Morgan fingerprint density at radius 1 is 1.13 bits per heavy atom. The van der Waals surface area contributed by atoms with Crippen molar-refractivity contribution in [2.45, 2.75) is 58.1 Å². The first-order chi connectivity index (χ1) is 10.6. The highest BCUT2D eigenvalue weighted by Gasteiger charge is 2.28. The van der Waals surface area contributed by atoms with E-state index in [0.29, 0.717) is 23.5 Å². The molecule has 0 aromatic carbocycles. The van der Waals surface area contributed by atoms with Crippen LogP contribution in [0.15, 0.2) is 0 Å². The molecule has 2 rings (SSSR count). The van der Waals surface area contributed by atoms with Gasteiger partial charge in [-0.1, -0.05) is 0 Å². The van der Waals surface area contributed by atoms with Gasteiger partial charge in [-0.2, -0.15) is 0 Å². The van der Waals surface area contributed by atoms with Crippen LogP contribution < -0.4 is 5.32 Å². The molecule has 2 aliphatic rings. The van der Waals surface area contributed by atoms with E-state index in [2.05, 4.69) is 5.32 Å². The van der Waals surface area contributed by atoms with Crippen LogP contribution in [-0.2, 0) is 14.6 Å². The van der Waals surface area contributed by atoms with Crippen LogP contribution in [0.3, 0.4) is 0 Å². The average Bonchev–Trinajstić information content (AvgIpc) is 2.45. The lowest BCUT2D eigenvalue weighted by Crippen LogP contribution is -2.45. The Balaban J connectivity index is 1.66. The number of hydrogen-bond acceptors (Lipinski definition) is 5. The molecule has 2 aliphatic heterocycles. The fraction of sp³-hybridized carbons (Fsp3) is 0.938. The van der Waals surface area contributed by atoms with Gasteiger partial charge in [-0.3, -0.25) is 0 Å². The van der Waals surface area contributed by atoms with Gasteiger partial charge in [-0.25, -0.2) is 13.2 Å². The molecule has 23 heavy (non-hydrogen) atoms. The molecule has 1 N–H and O–H groups in total. The molecule has 2 fully saturated rings. The van der Waals surface area contributed by atoms with E-state index in [1.54, 1.807) is 4.90 Å². The minimum absolute atomic E-state index is 0.221.